The topological polar surface area (TPSA) is 92.3 Å². The highest BCUT2D eigenvalue weighted by Crippen LogP contribution is 2.37. The third kappa shape index (κ3) is 6.37. The van der Waals surface area contributed by atoms with Gasteiger partial charge in [0.2, 0.25) is 0 Å². The first-order valence-electron chi connectivity index (χ1n) is 12.1. The molecule has 0 N–H and O–H groups in total. The predicted octanol–water partition coefficient (Wildman–Crippen LogP) is 6.14. The Balaban J connectivity index is 1.67. The lowest BCUT2D eigenvalue weighted by Gasteiger charge is -2.28. The molecule has 1 aliphatic rings. The fraction of sp³-hybridized carbons (Fsp3) is 0.464. The molecule has 3 rings (SSSR count). The maximum Gasteiger partial charge on any atom is 0.343 e. The van der Waals surface area contributed by atoms with E-state index in [4.69, 9.17) is 14.2 Å². The Labute approximate surface area is 202 Å². The van der Waals surface area contributed by atoms with Crippen molar-refractivity contribution in [3.63, 3.8) is 0 Å². The summed E-state index contributed by atoms with van der Waals surface area (Å²) in [6.45, 7) is 5.31. The SMILES string of the molecule is CCC[C@H]1CC[C@H](c2ccc(C(=O)Oc3ccc(OCCOCC)c(C#N)c3C#N)cc2)CC1. The van der Waals surface area contributed by atoms with Gasteiger partial charge in [0.1, 0.15) is 35.6 Å². The van der Waals surface area contributed by atoms with Crippen molar-refractivity contribution in [2.75, 3.05) is 19.8 Å². The Bertz CT molecular complexity index is 1040. The number of carbonyl (C=O) groups is 1. The molecule has 34 heavy (non-hydrogen) atoms. The first-order chi connectivity index (χ1) is 16.6. The van der Waals surface area contributed by atoms with E-state index in [0.717, 1.165) is 5.92 Å². The van der Waals surface area contributed by atoms with Gasteiger partial charge >= 0.3 is 5.97 Å². The monoisotopic (exact) mass is 460 g/mol. The molecular formula is C28H32N2O4. The van der Waals surface area contributed by atoms with Gasteiger partial charge in [0.05, 0.1) is 12.2 Å². The molecule has 0 aromatic heterocycles. The van der Waals surface area contributed by atoms with Crippen molar-refractivity contribution >= 4 is 5.97 Å². The van der Waals surface area contributed by atoms with Crippen LogP contribution in [0.3, 0.4) is 0 Å². The molecule has 0 unspecified atom stereocenters. The highest BCUT2D eigenvalue weighted by Gasteiger charge is 2.23. The molecule has 0 aliphatic heterocycles. The van der Waals surface area contributed by atoms with Crippen molar-refractivity contribution in [3.8, 4) is 23.6 Å². The zero-order valence-corrected chi connectivity index (χ0v) is 20.0. The van der Waals surface area contributed by atoms with Crippen LogP contribution in [0, 0.1) is 28.6 Å². The number of benzene rings is 2. The van der Waals surface area contributed by atoms with Crippen molar-refractivity contribution in [2.45, 2.75) is 58.3 Å². The lowest BCUT2D eigenvalue weighted by molar-refractivity contribution is 0.0734. The molecule has 0 radical (unpaired) electrons. The van der Waals surface area contributed by atoms with Gasteiger partial charge in [0, 0.05) is 6.61 Å². The van der Waals surface area contributed by atoms with Crippen LogP contribution in [-0.2, 0) is 4.74 Å². The van der Waals surface area contributed by atoms with Crippen LogP contribution in [-0.4, -0.2) is 25.8 Å². The van der Waals surface area contributed by atoms with Gasteiger partial charge in [0.15, 0.2) is 5.75 Å². The molecule has 6 nitrogen and oxygen atoms in total. The summed E-state index contributed by atoms with van der Waals surface area (Å²) < 4.78 is 16.3. The Morgan fingerprint density at radius 3 is 2.18 bits per heavy atom. The van der Waals surface area contributed by atoms with E-state index in [-0.39, 0.29) is 29.2 Å². The summed E-state index contributed by atoms with van der Waals surface area (Å²) >= 11 is 0. The van der Waals surface area contributed by atoms with Gasteiger partial charge in [-0.2, -0.15) is 10.5 Å². The Kier molecular flexibility index (Phi) is 9.50. The third-order valence-electron chi connectivity index (χ3n) is 6.41. The number of hydrogen-bond acceptors (Lipinski definition) is 6. The summed E-state index contributed by atoms with van der Waals surface area (Å²) in [5.74, 6) is 1.13. The van der Waals surface area contributed by atoms with Crippen molar-refractivity contribution in [1.29, 1.82) is 10.5 Å². The van der Waals surface area contributed by atoms with E-state index < -0.39 is 5.97 Å². The average molecular weight is 461 g/mol. The van der Waals surface area contributed by atoms with Gasteiger partial charge in [-0.3, -0.25) is 0 Å². The van der Waals surface area contributed by atoms with Crippen LogP contribution in [0.25, 0.3) is 0 Å². The molecule has 1 fully saturated rings. The molecule has 2 aromatic rings. The fourth-order valence-electron chi connectivity index (χ4n) is 4.59. The number of esters is 1. The minimum Gasteiger partial charge on any atom is -0.490 e. The van der Waals surface area contributed by atoms with Crippen LogP contribution in [0.15, 0.2) is 36.4 Å². The van der Waals surface area contributed by atoms with E-state index in [0.29, 0.717) is 24.7 Å². The standard InChI is InChI=1S/C28H32N2O4/c1-3-5-20-6-8-21(9-7-20)22-10-12-23(13-11-22)28(31)34-27-15-14-26(33-17-16-32-4-2)24(18-29)25(27)19-30/h10-15,20-21H,3-9,16-17H2,1-2H3/t20-,21-. The van der Waals surface area contributed by atoms with Gasteiger partial charge in [-0.1, -0.05) is 31.9 Å². The molecular weight excluding hydrogens is 428 g/mol. The highest BCUT2D eigenvalue weighted by atomic mass is 16.5. The number of hydrogen-bond donors (Lipinski definition) is 0. The van der Waals surface area contributed by atoms with Crippen molar-refractivity contribution < 1.29 is 19.0 Å². The van der Waals surface area contributed by atoms with Gasteiger partial charge < -0.3 is 14.2 Å². The van der Waals surface area contributed by atoms with Crippen LogP contribution < -0.4 is 9.47 Å². The molecule has 6 heteroatoms. The molecule has 0 spiro atoms. The summed E-state index contributed by atoms with van der Waals surface area (Å²) in [6, 6.07) is 14.5. The molecule has 0 bridgehead atoms. The Morgan fingerprint density at radius 1 is 0.912 bits per heavy atom. The number of rotatable bonds is 10. The van der Waals surface area contributed by atoms with Crippen molar-refractivity contribution in [3.05, 3.63) is 58.7 Å². The average Bonchev–Trinajstić information content (AvgIpc) is 2.87. The van der Waals surface area contributed by atoms with E-state index in [2.05, 4.69) is 6.92 Å². The molecule has 1 aliphatic carbocycles. The van der Waals surface area contributed by atoms with Crippen LogP contribution in [0.5, 0.6) is 11.5 Å². The normalized spacial score (nSPS) is 17.4. The third-order valence-corrected chi connectivity index (χ3v) is 6.41. The summed E-state index contributed by atoms with van der Waals surface area (Å²) in [6.07, 6.45) is 7.48. The lowest BCUT2D eigenvalue weighted by Crippen LogP contribution is -2.14. The molecule has 1 saturated carbocycles. The van der Waals surface area contributed by atoms with E-state index in [1.165, 1.54) is 56.2 Å². The van der Waals surface area contributed by atoms with Crippen LogP contribution in [0.1, 0.15) is 85.3 Å². The van der Waals surface area contributed by atoms with Crippen LogP contribution in [0.4, 0.5) is 0 Å². The quantitative estimate of drug-likeness (QED) is 0.240. The summed E-state index contributed by atoms with van der Waals surface area (Å²) in [5, 5.41) is 19.2. The molecule has 0 saturated heterocycles. The van der Waals surface area contributed by atoms with Gasteiger partial charge in [-0.05, 0) is 74.3 Å². The van der Waals surface area contributed by atoms with E-state index in [9.17, 15) is 15.3 Å². The first kappa shape index (κ1) is 25.3. The van der Waals surface area contributed by atoms with Gasteiger partial charge in [-0.25, -0.2) is 4.79 Å². The van der Waals surface area contributed by atoms with Gasteiger partial charge in [0.25, 0.3) is 0 Å². The van der Waals surface area contributed by atoms with E-state index in [1.807, 2.05) is 31.2 Å². The molecule has 2 aromatic carbocycles. The minimum atomic E-state index is -0.566. The number of ether oxygens (including phenoxy) is 3. The van der Waals surface area contributed by atoms with Crippen molar-refractivity contribution in [1.82, 2.24) is 0 Å². The maximum atomic E-state index is 12.8. The summed E-state index contributed by atoms with van der Waals surface area (Å²) in [7, 11) is 0. The van der Waals surface area contributed by atoms with Crippen LogP contribution >= 0.6 is 0 Å². The van der Waals surface area contributed by atoms with Crippen molar-refractivity contribution in [2.24, 2.45) is 5.92 Å². The largest absolute Gasteiger partial charge is 0.490 e. The van der Waals surface area contributed by atoms with E-state index in [1.54, 1.807) is 12.1 Å². The zero-order chi connectivity index (χ0) is 24.3. The fourth-order valence-corrected chi connectivity index (χ4v) is 4.59. The first-order valence-corrected chi connectivity index (χ1v) is 12.1. The second-order valence-electron chi connectivity index (χ2n) is 8.60. The maximum absolute atomic E-state index is 12.8. The second-order valence-corrected chi connectivity index (χ2v) is 8.60. The summed E-state index contributed by atoms with van der Waals surface area (Å²) in [4.78, 5) is 12.8. The second kappa shape index (κ2) is 12.8. The summed E-state index contributed by atoms with van der Waals surface area (Å²) in [5.41, 5.74) is 1.68. The smallest absolute Gasteiger partial charge is 0.343 e. The molecule has 0 amide bonds. The number of carbonyl (C=O) groups excluding carboxylic acids is 1. The highest BCUT2D eigenvalue weighted by molar-refractivity contribution is 5.91. The minimum absolute atomic E-state index is 0.0229. The predicted molar refractivity (Wildman–Crippen MR) is 129 cm³/mol. The van der Waals surface area contributed by atoms with Gasteiger partial charge in [-0.15, -0.1) is 0 Å². The van der Waals surface area contributed by atoms with Crippen LogP contribution in [0.2, 0.25) is 0 Å². The zero-order valence-electron chi connectivity index (χ0n) is 20.0. The number of nitrogens with zero attached hydrogens (tertiary/aromatic N) is 2. The molecule has 178 valence electrons. The van der Waals surface area contributed by atoms with E-state index >= 15 is 0 Å². The molecule has 0 atom stereocenters. The molecule has 0 heterocycles. The Morgan fingerprint density at radius 2 is 1.56 bits per heavy atom. The number of nitriles is 2. The Hall–Kier alpha value is -3.35. The lowest BCUT2D eigenvalue weighted by atomic mass is 9.77.